The summed E-state index contributed by atoms with van der Waals surface area (Å²) in [7, 11) is 0. The molecule has 1 nitrogen and oxygen atoms in total. The Kier molecular flexibility index (Phi) is 3.42. The minimum Gasteiger partial charge on any atom is -0.291 e. The summed E-state index contributed by atoms with van der Waals surface area (Å²) in [4.78, 5) is 0. The Balaban J connectivity index is 2.19. The number of nitrogens with zero attached hydrogens (tertiary/aromatic N) is 1. The predicted molar refractivity (Wildman–Crippen MR) is 67.0 cm³/mol. The molecule has 0 radical (unpaired) electrons. The third kappa shape index (κ3) is 2.23. The molecule has 0 saturated carbocycles. The Bertz CT molecular complexity index is 285. The van der Waals surface area contributed by atoms with E-state index in [-0.39, 0.29) is 0 Å². The predicted octanol–water partition coefficient (Wildman–Crippen LogP) is 3.59. The monoisotopic (exact) mass is 204 g/mol. The van der Waals surface area contributed by atoms with Crippen molar-refractivity contribution >= 4 is 5.69 Å². The fourth-order valence-corrected chi connectivity index (χ4v) is 2.76. The van der Waals surface area contributed by atoms with Crippen LogP contribution in [-0.4, -0.2) is 19.6 Å². The number of quaternary nitrogens is 1. The highest BCUT2D eigenvalue weighted by molar-refractivity contribution is 5.43. The molecule has 1 aromatic rings. The zero-order valence-electron chi connectivity index (χ0n) is 9.78. The summed E-state index contributed by atoms with van der Waals surface area (Å²) < 4.78 is 1.24. The van der Waals surface area contributed by atoms with Crippen molar-refractivity contribution in [2.75, 3.05) is 19.6 Å². The van der Waals surface area contributed by atoms with Gasteiger partial charge in [-0.1, -0.05) is 31.5 Å². The van der Waals surface area contributed by atoms with Gasteiger partial charge < -0.3 is 0 Å². The minimum absolute atomic E-state index is 1.24. The first-order valence-electron chi connectivity index (χ1n) is 6.29. The molecular formula is C14H22N+. The Morgan fingerprint density at radius 3 is 2.33 bits per heavy atom. The number of likely N-dealkylation sites (tertiary alicyclic amines) is 1. The second-order valence-corrected chi connectivity index (χ2v) is 4.71. The lowest BCUT2D eigenvalue weighted by molar-refractivity contribution is 0.327. The van der Waals surface area contributed by atoms with Gasteiger partial charge in [-0.25, -0.2) is 0 Å². The number of para-hydroxylation sites is 1. The lowest BCUT2D eigenvalue weighted by Crippen LogP contribution is -2.47. The standard InChI is InChI=1S/C14H22N/c1-2-3-11-15(12-7-8-13-15)14-9-5-4-6-10-14/h4-6,9-10H,2-3,7-8,11-13H2,1H3/q+1. The van der Waals surface area contributed by atoms with Gasteiger partial charge >= 0.3 is 0 Å². The first-order chi connectivity index (χ1) is 7.37. The summed E-state index contributed by atoms with van der Waals surface area (Å²) in [5.41, 5.74) is 1.53. The summed E-state index contributed by atoms with van der Waals surface area (Å²) in [5, 5.41) is 0. The molecule has 0 N–H and O–H groups in total. The maximum atomic E-state index is 2.31. The fraction of sp³-hybridized carbons (Fsp3) is 0.571. The summed E-state index contributed by atoms with van der Waals surface area (Å²) in [5.74, 6) is 0. The van der Waals surface area contributed by atoms with Crippen molar-refractivity contribution in [2.45, 2.75) is 32.6 Å². The van der Waals surface area contributed by atoms with E-state index in [0.29, 0.717) is 0 Å². The van der Waals surface area contributed by atoms with Gasteiger partial charge in [0.25, 0.3) is 0 Å². The van der Waals surface area contributed by atoms with Crippen LogP contribution in [0.3, 0.4) is 0 Å². The summed E-state index contributed by atoms with van der Waals surface area (Å²) in [6.45, 7) is 6.33. The van der Waals surface area contributed by atoms with Gasteiger partial charge in [-0.05, 0) is 18.6 Å². The average molecular weight is 204 g/mol. The van der Waals surface area contributed by atoms with Gasteiger partial charge in [0.05, 0.1) is 19.6 Å². The number of rotatable bonds is 4. The van der Waals surface area contributed by atoms with Crippen LogP contribution in [0.15, 0.2) is 30.3 Å². The van der Waals surface area contributed by atoms with Crippen LogP contribution in [0.2, 0.25) is 0 Å². The Hall–Kier alpha value is -0.820. The molecule has 0 bridgehead atoms. The highest BCUT2D eigenvalue weighted by Crippen LogP contribution is 2.29. The van der Waals surface area contributed by atoms with Crippen LogP contribution < -0.4 is 4.48 Å². The molecule has 0 spiro atoms. The number of hydrogen-bond acceptors (Lipinski definition) is 0. The topological polar surface area (TPSA) is 0 Å². The summed E-state index contributed by atoms with van der Waals surface area (Å²) in [6, 6.07) is 11.1. The van der Waals surface area contributed by atoms with Crippen LogP contribution in [0, 0.1) is 0 Å². The minimum atomic E-state index is 1.24. The molecule has 0 unspecified atom stereocenters. The van der Waals surface area contributed by atoms with Crippen LogP contribution in [-0.2, 0) is 0 Å². The molecule has 82 valence electrons. The lowest BCUT2D eigenvalue weighted by Gasteiger charge is -2.33. The first kappa shape index (κ1) is 10.7. The summed E-state index contributed by atoms with van der Waals surface area (Å²) >= 11 is 0. The molecule has 1 aromatic carbocycles. The molecule has 1 fully saturated rings. The number of hydrogen-bond donors (Lipinski definition) is 0. The fourth-order valence-electron chi connectivity index (χ4n) is 2.76. The van der Waals surface area contributed by atoms with E-state index < -0.39 is 0 Å². The van der Waals surface area contributed by atoms with Crippen molar-refractivity contribution in [2.24, 2.45) is 0 Å². The van der Waals surface area contributed by atoms with Crippen molar-refractivity contribution in [3.8, 4) is 0 Å². The van der Waals surface area contributed by atoms with Crippen molar-refractivity contribution in [1.29, 1.82) is 0 Å². The molecule has 0 amide bonds. The van der Waals surface area contributed by atoms with Gasteiger partial charge in [-0.15, -0.1) is 0 Å². The smallest absolute Gasteiger partial charge is 0.132 e. The van der Waals surface area contributed by atoms with Gasteiger partial charge in [-0.2, -0.15) is 0 Å². The third-order valence-corrected chi connectivity index (χ3v) is 3.67. The highest BCUT2D eigenvalue weighted by atomic mass is 15.4. The Morgan fingerprint density at radius 2 is 1.73 bits per heavy atom. The molecule has 1 aliphatic rings. The molecule has 2 rings (SSSR count). The van der Waals surface area contributed by atoms with E-state index in [4.69, 9.17) is 0 Å². The van der Waals surface area contributed by atoms with E-state index >= 15 is 0 Å². The van der Waals surface area contributed by atoms with Crippen molar-refractivity contribution < 1.29 is 0 Å². The second kappa shape index (κ2) is 4.80. The van der Waals surface area contributed by atoms with Crippen LogP contribution in [0.25, 0.3) is 0 Å². The average Bonchev–Trinajstić information content (AvgIpc) is 2.78. The van der Waals surface area contributed by atoms with Crippen LogP contribution >= 0.6 is 0 Å². The largest absolute Gasteiger partial charge is 0.291 e. The third-order valence-electron chi connectivity index (χ3n) is 3.67. The van der Waals surface area contributed by atoms with Gasteiger partial charge in [0.15, 0.2) is 0 Å². The van der Waals surface area contributed by atoms with E-state index in [1.165, 1.54) is 55.5 Å². The van der Waals surface area contributed by atoms with Gasteiger partial charge in [0.1, 0.15) is 5.69 Å². The molecule has 1 heterocycles. The van der Waals surface area contributed by atoms with E-state index in [0.717, 1.165) is 0 Å². The number of benzene rings is 1. The van der Waals surface area contributed by atoms with Crippen molar-refractivity contribution in [1.82, 2.24) is 4.48 Å². The van der Waals surface area contributed by atoms with Gasteiger partial charge in [0.2, 0.25) is 0 Å². The van der Waals surface area contributed by atoms with E-state index in [2.05, 4.69) is 37.3 Å². The number of unbranched alkanes of at least 4 members (excludes halogenated alkanes) is 1. The normalized spacial score (nSPS) is 19.3. The zero-order chi connectivity index (χ0) is 10.6. The molecule has 15 heavy (non-hydrogen) atoms. The second-order valence-electron chi connectivity index (χ2n) is 4.71. The summed E-state index contributed by atoms with van der Waals surface area (Å²) in [6.07, 6.45) is 5.47. The zero-order valence-corrected chi connectivity index (χ0v) is 9.78. The van der Waals surface area contributed by atoms with Crippen molar-refractivity contribution in [3.63, 3.8) is 0 Å². The Morgan fingerprint density at radius 1 is 1.07 bits per heavy atom. The quantitative estimate of drug-likeness (QED) is 0.657. The maximum absolute atomic E-state index is 2.31. The van der Waals surface area contributed by atoms with E-state index in [9.17, 15) is 0 Å². The molecular weight excluding hydrogens is 182 g/mol. The van der Waals surface area contributed by atoms with Crippen LogP contribution in [0.1, 0.15) is 32.6 Å². The maximum Gasteiger partial charge on any atom is 0.132 e. The van der Waals surface area contributed by atoms with Crippen LogP contribution in [0.4, 0.5) is 5.69 Å². The molecule has 0 aliphatic carbocycles. The Labute approximate surface area is 93.3 Å². The van der Waals surface area contributed by atoms with Crippen molar-refractivity contribution in [3.05, 3.63) is 30.3 Å². The van der Waals surface area contributed by atoms with Crippen LogP contribution in [0.5, 0.6) is 0 Å². The van der Waals surface area contributed by atoms with Gasteiger partial charge in [-0.3, -0.25) is 4.48 Å². The van der Waals surface area contributed by atoms with E-state index in [1.54, 1.807) is 0 Å². The van der Waals surface area contributed by atoms with E-state index in [1.807, 2.05) is 0 Å². The molecule has 1 heteroatoms. The molecule has 0 atom stereocenters. The first-order valence-corrected chi connectivity index (χ1v) is 6.29. The van der Waals surface area contributed by atoms with Gasteiger partial charge in [0, 0.05) is 12.8 Å². The molecule has 1 saturated heterocycles. The SMILES string of the molecule is CCCC[N+]1(c2ccccc2)CCCC1. The molecule has 1 aliphatic heterocycles. The molecule has 0 aromatic heterocycles. The lowest BCUT2D eigenvalue weighted by atomic mass is 10.2. The highest BCUT2D eigenvalue weighted by Gasteiger charge is 2.33.